The van der Waals surface area contributed by atoms with Gasteiger partial charge in [-0.2, -0.15) is 0 Å². The number of hydrogen-bond acceptors (Lipinski definition) is 4. The third-order valence-corrected chi connectivity index (χ3v) is 7.43. The van der Waals surface area contributed by atoms with Gasteiger partial charge in [0.25, 0.3) is 0 Å². The summed E-state index contributed by atoms with van der Waals surface area (Å²) in [6.07, 6.45) is 7.91. The Morgan fingerprint density at radius 3 is 2.19 bits per heavy atom. The van der Waals surface area contributed by atoms with Gasteiger partial charge in [-0.15, -0.1) is 0 Å². The van der Waals surface area contributed by atoms with Crippen LogP contribution in [0.15, 0.2) is 12.2 Å². The first-order chi connectivity index (χ1) is 11.8. The Labute approximate surface area is 157 Å². The summed E-state index contributed by atoms with van der Waals surface area (Å²) in [4.78, 5) is 14.7. The second kappa shape index (κ2) is 5.26. The standard InChI is InChI=1S/C21H34N2O3/c1-18(2)11-15(12-19(3,4)22-18)23-17(24)26-20(5,21(23,6)25)16-10-13-7-8-14(16)9-13/h7-8,13-16,22,25H,9-12H2,1-6H3/t13-,14-,16+,20+,21+/m0/s1. The molecular weight excluding hydrogens is 328 g/mol. The van der Waals surface area contributed by atoms with E-state index >= 15 is 0 Å². The summed E-state index contributed by atoms with van der Waals surface area (Å²) in [5.41, 5.74) is -2.37. The van der Waals surface area contributed by atoms with Crippen LogP contribution in [0.1, 0.15) is 67.2 Å². The van der Waals surface area contributed by atoms with Gasteiger partial charge in [0.15, 0.2) is 11.3 Å². The van der Waals surface area contributed by atoms with Gasteiger partial charge in [0, 0.05) is 23.0 Å². The number of hydrogen-bond donors (Lipinski definition) is 2. The third kappa shape index (κ3) is 2.54. The van der Waals surface area contributed by atoms with Crippen molar-refractivity contribution in [2.75, 3.05) is 0 Å². The van der Waals surface area contributed by atoms with Crippen molar-refractivity contribution in [2.24, 2.45) is 17.8 Å². The molecule has 2 bridgehead atoms. The summed E-state index contributed by atoms with van der Waals surface area (Å²) in [7, 11) is 0. The molecule has 0 aromatic heterocycles. The van der Waals surface area contributed by atoms with Crippen LogP contribution in [0.3, 0.4) is 0 Å². The molecule has 4 rings (SSSR count). The zero-order valence-corrected chi connectivity index (χ0v) is 17.0. The van der Waals surface area contributed by atoms with E-state index in [1.165, 1.54) is 0 Å². The van der Waals surface area contributed by atoms with E-state index in [2.05, 4.69) is 45.2 Å². The van der Waals surface area contributed by atoms with Crippen molar-refractivity contribution in [1.82, 2.24) is 10.2 Å². The van der Waals surface area contributed by atoms with Crippen LogP contribution >= 0.6 is 0 Å². The van der Waals surface area contributed by atoms with E-state index in [4.69, 9.17) is 4.74 Å². The molecule has 146 valence electrons. The van der Waals surface area contributed by atoms with Gasteiger partial charge in [0.1, 0.15) is 0 Å². The minimum absolute atomic E-state index is 0.0419. The van der Waals surface area contributed by atoms with Gasteiger partial charge in [-0.3, -0.25) is 4.90 Å². The van der Waals surface area contributed by atoms with Crippen LogP contribution in [0, 0.1) is 17.8 Å². The average Bonchev–Trinajstić information content (AvgIpc) is 3.09. The van der Waals surface area contributed by atoms with Gasteiger partial charge in [-0.25, -0.2) is 4.79 Å². The van der Waals surface area contributed by atoms with E-state index in [0.29, 0.717) is 11.8 Å². The number of nitrogens with zero attached hydrogens (tertiary/aromatic N) is 1. The van der Waals surface area contributed by atoms with Gasteiger partial charge >= 0.3 is 6.09 Å². The molecule has 1 saturated carbocycles. The molecule has 5 atom stereocenters. The van der Waals surface area contributed by atoms with Crippen LogP contribution in [0.4, 0.5) is 4.79 Å². The van der Waals surface area contributed by atoms with Gasteiger partial charge in [-0.05, 0) is 79.1 Å². The van der Waals surface area contributed by atoms with Gasteiger partial charge in [-0.1, -0.05) is 12.2 Å². The van der Waals surface area contributed by atoms with Crippen LogP contribution in [0.25, 0.3) is 0 Å². The predicted molar refractivity (Wildman–Crippen MR) is 101 cm³/mol. The topological polar surface area (TPSA) is 61.8 Å². The third-order valence-electron chi connectivity index (χ3n) is 7.43. The van der Waals surface area contributed by atoms with Crippen LogP contribution in [-0.4, -0.2) is 44.5 Å². The molecule has 2 aliphatic carbocycles. The fourth-order valence-electron chi connectivity index (χ4n) is 6.54. The van der Waals surface area contributed by atoms with Gasteiger partial charge < -0.3 is 15.2 Å². The largest absolute Gasteiger partial charge is 0.438 e. The van der Waals surface area contributed by atoms with E-state index in [1.807, 2.05) is 6.92 Å². The monoisotopic (exact) mass is 362 g/mol. The highest BCUT2D eigenvalue weighted by Gasteiger charge is 2.67. The number of carbonyl (C=O) groups excluding carboxylic acids is 1. The highest BCUT2D eigenvalue weighted by molar-refractivity contribution is 5.73. The molecule has 1 amide bonds. The lowest BCUT2D eigenvalue weighted by atomic mass is 9.72. The Morgan fingerprint density at radius 1 is 1.08 bits per heavy atom. The molecule has 0 spiro atoms. The summed E-state index contributed by atoms with van der Waals surface area (Å²) < 4.78 is 5.99. The smallest absolute Gasteiger partial charge is 0.413 e. The van der Waals surface area contributed by atoms with Gasteiger partial charge in [0.05, 0.1) is 0 Å². The Morgan fingerprint density at radius 2 is 1.69 bits per heavy atom. The van der Waals surface area contributed by atoms with Gasteiger partial charge in [0.2, 0.25) is 0 Å². The molecule has 26 heavy (non-hydrogen) atoms. The number of amides is 1. The molecule has 0 aromatic rings. The lowest BCUT2D eigenvalue weighted by Gasteiger charge is -2.51. The van der Waals surface area contributed by atoms with E-state index in [0.717, 1.165) is 25.7 Å². The predicted octanol–water partition coefficient (Wildman–Crippen LogP) is 3.43. The number of rotatable bonds is 2. The molecule has 3 fully saturated rings. The lowest BCUT2D eigenvalue weighted by Crippen LogP contribution is -2.67. The summed E-state index contributed by atoms with van der Waals surface area (Å²) in [5, 5.41) is 15.3. The average molecular weight is 363 g/mol. The SMILES string of the molecule is CC1(C)CC(N2C(=O)O[C@](C)([C@@H]3C[C@H]4C=C[C@H]3C4)[C@@]2(C)O)CC(C)(C)N1. The summed E-state index contributed by atoms with van der Waals surface area (Å²) in [6, 6.07) is -0.0419. The number of cyclic esters (lactones) is 1. The second-order valence-electron chi connectivity index (χ2n) is 10.7. The maximum atomic E-state index is 13.0. The molecule has 2 saturated heterocycles. The number of aliphatic hydroxyl groups is 1. The highest BCUT2D eigenvalue weighted by Crippen LogP contribution is 2.56. The number of piperidine rings is 1. The van der Waals surface area contributed by atoms with Crippen molar-refractivity contribution in [1.29, 1.82) is 0 Å². The first-order valence-corrected chi connectivity index (χ1v) is 10.1. The quantitative estimate of drug-likeness (QED) is 0.739. The van der Waals surface area contributed by atoms with E-state index in [1.54, 1.807) is 11.8 Å². The maximum Gasteiger partial charge on any atom is 0.413 e. The number of fused-ring (bicyclic) bond motifs is 2. The highest BCUT2D eigenvalue weighted by atomic mass is 16.6. The van der Waals surface area contributed by atoms with Crippen LogP contribution < -0.4 is 5.32 Å². The van der Waals surface area contributed by atoms with Crippen LogP contribution in [0.5, 0.6) is 0 Å². The van der Waals surface area contributed by atoms with Crippen molar-refractivity contribution in [2.45, 2.75) is 95.7 Å². The first kappa shape index (κ1) is 18.3. The van der Waals surface area contributed by atoms with Crippen LogP contribution in [0.2, 0.25) is 0 Å². The molecule has 2 heterocycles. The maximum absolute atomic E-state index is 13.0. The van der Waals surface area contributed by atoms with E-state index in [-0.39, 0.29) is 29.1 Å². The number of allylic oxidation sites excluding steroid dienone is 2. The Hall–Kier alpha value is -1.07. The summed E-state index contributed by atoms with van der Waals surface area (Å²) >= 11 is 0. The molecule has 5 nitrogen and oxygen atoms in total. The van der Waals surface area contributed by atoms with Crippen molar-refractivity contribution in [3.05, 3.63) is 12.2 Å². The summed E-state index contributed by atoms with van der Waals surface area (Å²) in [6.45, 7) is 12.4. The van der Waals surface area contributed by atoms with Crippen molar-refractivity contribution in [3.8, 4) is 0 Å². The fraction of sp³-hybridized carbons (Fsp3) is 0.857. The summed E-state index contributed by atoms with van der Waals surface area (Å²) in [5.74, 6) is 1.16. The minimum atomic E-state index is -1.30. The lowest BCUT2D eigenvalue weighted by molar-refractivity contribution is -0.177. The Bertz CT molecular complexity index is 638. The fourth-order valence-corrected chi connectivity index (χ4v) is 6.54. The van der Waals surface area contributed by atoms with E-state index < -0.39 is 11.3 Å². The molecule has 5 heteroatoms. The van der Waals surface area contributed by atoms with Crippen molar-refractivity contribution in [3.63, 3.8) is 0 Å². The minimum Gasteiger partial charge on any atom is -0.438 e. The zero-order valence-electron chi connectivity index (χ0n) is 17.0. The van der Waals surface area contributed by atoms with Crippen molar-refractivity contribution < 1.29 is 14.6 Å². The zero-order chi connectivity index (χ0) is 19.1. The number of nitrogens with one attached hydrogen (secondary N) is 1. The molecular formula is C21H34N2O3. The molecule has 0 aromatic carbocycles. The van der Waals surface area contributed by atoms with Crippen LogP contribution in [-0.2, 0) is 4.74 Å². The Kier molecular flexibility index (Phi) is 3.70. The first-order valence-electron chi connectivity index (χ1n) is 10.1. The molecule has 2 N–H and O–H groups in total. The molecule has 2 aliphatic heterocycles. The van der Waals surface area contributed by atoms with Crippen molar-refractivity contribution >= 4 is 6.09 Å². The molecule has 0 unspecified atom stereocenters. The number of carbonyl (C=O) groups is 1. The van der Waals surface area contributed by atoms with E-state index in [9.17, 15) is 9.90 Å². The normalized spacial score (nSPS) is 46.8. The second-order valence-corrected chi connectivity index (χ2v) is 10.7. The molecule has 4 aliphatic rings. The Balaban J connectivity index is 1.66. The molecule has 0 radical (unpaired) electrons. The number of ether oxygens (including phenoxy) is 1.